The quantitative estimate of drug-likeness (QED) is 0.809. The monoisotopic (exact) mass is 328 g/mol. The highest BCUT2D eigenvalue weighted by atomic mass is 16.5. The Balaban J connectivity index is 1.80. The first-order valence-corrected chi connectivity index (χ1v) is 8.05. The van der Waals surface area contributed by atoms with Crippen LogP contribution in [-0.2, 0) is 11.2 Å². The molecule has 1 N–H and O–H groups in total. The van der Waals surface area contributed by atoms with Crippen molar-refractivity contribution in [3.8, 4) is 5.75 Å². The molecule has 5 nitrogen and oxygen atoms in total. The van der Waals surface area contributed by atoms with E-state index in [1.807, 2.05) is 36.5 Å². The summed E-state index contributed by atoms with van der Waals surface area (Å²) in [5.74, 6) is 0.720. The van der Waals surface area contributed by atoms with E-state index in [0.717, 1.165) is 24.0 Å². The molecule has 5 heteroatoms. The Labute approximate surface area is 142 Å². The summed E-state index contributed by atoms with van der Waals surface area (Å²) in [5, 5.41) is 10.3. The molecule has 1 unspecified atom stereocenters. The maximum Gasteiger partial charge on any atom is 0.222 e. The first-order valence-electron chi connectivity index (χ1n) is 8.05. The van der Waals surface area contributed by atoms with Gasteiger partial charge in [-0.25, -0.2) is 0 Å². The number of aliphatic hydroxyl groups is 1. The third kappa shape index (κ3) is 5.35. The van der Waals surface area contributed by atoms with Crippen molar-refractivity contribution in [2.45, 2.75) is 25.4 Å². The molecule has 128 valence electrons. The summed E-state index contributed by atoms with van der Waals surface area (Å²) in [6.07, 6.45) is 4.88. The van der Waals surface area contributed by atoms with Gasteiger partial charge in [0, 0.05) is 25.9 Å². The summed E-state index contributed by atoms with van der Waals surface area (Å²) in [6.45, 7) is 0.263. The van der Waals surface area contributed by atoms with E-state index >= 15 is 0 Å². The Morgan fingerprint density at radius 3 is 2.88 bits per heavy atom. The van der Waals surface area contributed by atoms with Gasteiger partial charge in [0.25, 0.3) is 0 Å². The predicted octanol–water partition coefficient (Wildman–Crippen LogP) is 2.60. The molecule has 0 fully saturated rings. The van der Waals surface area contributed by atoms with E-state index in [0.29, 0.717) is 12.2 Å². The van der Waals surface area contributed by atoms with Crippen LogP contribution in [0.3, 0.4) is 0 Å². The van der Waals surface area contributed by atoms with E-state index in [-0.39, 0.29) is 12.5 Å². The average molecular weight is 328 g/mol. The maximum atomic E-state index is 12.2. The van der Waals surface area contributed by atoms with Crippen LogP contribution in [0.2, 0.25) is 0 Å². The number of aryl methyl sites for hydroxylation is 1. The van der Waals surface area contributed by atoms with Crippen LogP contribution < -0.4 is 4.74 Å². The van der Waals surface area contributed by atoms with Gasteiger partial charge in [0.2, 0.25) is 5.91 Å². The number of likely N-dealkylation sites (N-methyl/N-ethyl adjacent to an activating group) is 1. The second-order valence-corrected chi connectivity index (χ2v) is 5.78. The number of pyridine rings is 1. The maximum absolute atomic E-state index is 12.2. The minimum Gasteiger partial charge on any atom is -0.497 e. The number of hydrogen-bond donors (Lipinski definition) is 1. The summed E-state index contributed by atoms with van der Waals surface area (Å²) >= 11 is 0. The highest BCUT2D eigenvalue weighted by Crippen LogP contribution is 2.20. The Bertz CT molecular complexity index is 646. The van der Waals surface area contributed by atoms with Gasteiger partial charge in [0.05, 0.1) is 19.8 Å². The van der Waals surface area contributed by atoms with Crippen LogP contribution in [0.4, 0.5) is 0 Å². The molecular weight excluding hydrogens is 304 g/mol. The van der Waals surface area contributed by atoms with Gasteiger partial charge in [-0.1, -0.05) is 18.2 Å². The van der Waals surface area contributed by atoms with Crippen molar-refractivity contribution < 1.29 is 14.6 Å². The SMILES string of the molecule is COc1cccc(C(O)CN(C)C(=O)CCCc2cccnc2)c1. The zero-order valence-corrected chi connectivity index (χ0v) is 14.2. The molecule has 24 heavy (non-hydrogen) atoms. The molecule has 0 spiro atoms. The highest BCUT2D eigenvalue weighted by Gasteiger charge is 2.15. The molecular formula is C19H24N2O3. The molecule has 1 atom stereocenters. The van der Waals surface area contributed by atoms with Crippen LogP contribution in [0.5, 0.6) is 5.75 Å². The molecule has 1 aromatic heterocycles. The first-order chi connectivity index (χ1) is 11.6. The lowest BCUT2D eigenvalue weighted by atomic mass is 10.1. The molecule has 0 aliphatic carbocycles. The molecule has 1 heterocycles. The van der Waals surface area contributed by atoms with Crippen molar-refractivity contribution in [2.24, 2.45) is 0 Å². The molecule has 0 aliphatic rings. The van der Waals surface area contributed by atoms with Crippen LogP contribution in [0.25, 0.3) is 0 Å². The Morgan fingerprint density at radius 2 is 2.17 bits per heavy atom. The number of benzene rings is 1. The van der Waals surface area contributed by atoms with Gasteiger partial charge in [-0.15, -0.1) is 0 Å². The molecule has 2 aromatic rings. The minimum atomic E-state index is -0.729. The molecule has 1 aromatic carbocycles. The predicted molar refractivity (Wildman–Crippen MR) is 92.8 cm³/mol. The fraction of sp³-hybridized carbons (Fsp3) is 0.368. The number of nitrogens with zero attached hydrogens (tertiary/aromatic N) is 2. The lowest BCUT2D eigenvalue weighted by Gasteiger charge is -2.21. The molecule has 2 rings (SSSR count). The van der Waals surface area contributed by atoms with Crippen molar-refractivity contribution in [2.75, 3.05) is 20.7 Å². The van der Waals surface area contributed by atoms with Crippen molar-refractivity contribution in [1.82, 2.24) is 9.88 Å². The zero-order valence-electron chi connectivity index (χ0n) is 14.2. The van der Waals surface area contributed by atoms with Crippen LogP contribution >= 0.6 is 0 Å². The van der Waals surface area contributed by atoms with E-state index < -0.39 is 6.10 Å². The number of aromatic nitrogens is 1. The second-order valence-electron chi connectivity index (χ2n) is 5.78. The number of carbonyl (C=O) groups excluding carboxylic acids is 1. The smallest absolute Gasteiger partial charge is 0.222 e. The third-order valence-corrected chi connectivity index (χ3v) is 3.93. The second kappa shape index (κ2) is 9.03. The summed E-state index contributed by atoms with van der Waals surface area (Å²) in [6, 6.07) is 11.2. The summed E-state index contributed by atoms with van der Waals surface area (Å²) in [5.41, 5.74) is 1.87. The lowest BCUT2D eigenvalue weighted by molar-refractivity contribution is -0.131. The zero-order chi connectivity index (χ0) is 17.4. The Morgan fingerprint density at radius 1 is 1.33 bits per heavy atom. The van der Waals surface area contributed by atoms with Gasteiger partial charge >= 0.3 is 0 Å². The van der Waals surface area contributed by atoms with Crippen LogP contribution in [0.1, 0.15) is 30.1 Å². The highest BCUT2D eigenvalue weighted by molar-refractivity contribution is 5.75. The van der Waals surface area contributed by atoms with Crippen LogP contribution in [-0.4, -0.2) is 41.6 Å². The van der Waals surface area contributed by atoms with Gasteiger partial charge in [0.1, 0.15) is 5.75 Å². The summed E-state index contributed by atoms with van der Waals surface area (Å²) in [4.78, 5) is 17.8. The molecule has 0 saturated carbocycles. The fourth-order valence-electron chi connectivity index (χ4n) is 2.50. The molecule has 0 bridgehead atoms. The third-order valence-electron chi connectivity index (χ3n) is 3.93. The number of amides is 1. The molecule has 0 radical (unpaired) electrons. The number of ether oxygens (including phenoxy) is 1. The van der Waals surface area contributed by atoms with Crippen molar-refractivity contribution in [3.63, 3.8) is 0 Å². The van der Waals surface area contributed by atoms with Gasteiger partial charge < -0.3 is 14.7 Å². The summed E-state index contributed by atoms with van der Waals surface area (Å²) < 4.78 is 5.16. The number of aliphatic hydroxyl groups excluding tert-OH is 1. The molecule has 0 aliphatic heterocycles. The van der Waals surface area contributed by atoms with E-state index in [1.54, 1.807) is 31.3 Å². The molecule has 1 amide bonds. The van der Waals surface area contributed by atoms with Crippen molar-refractivity contribution >= 4 is 5.91 Å². The number of carbonyl (C=O) groups is 1. The average Bonchev–Trinajstić information content (AvgIpc) is 2.62. The van der Waals surface area contributed by atoms with Gasteiger partial charge in [-0.2, -0.15) is 0 Å². The number of hydrogen-bond acceptors (Lipinski definition) is 4. The van der Waals surface area contributed by atoms with E-state index in [1.165, 1.54) is 0 Å². The standard InChI is InChI=1S/C19H24N2O3/c1-21(14-18(22)16-8-4-9-17(12-16)24-2)19(23)10-3-6-15-7-5-11-20-13-15/h4-5,7-9,11-13,18,22H,3,6,10,14H2,1-2H3. The van der Waals surface area contributed by atoms with Crippen molar-refractivity contribution in [3.05, 3.63) is 59.9 Å². The normalized spacial score (nSPS) is 11.8. The Hall–Kier alpha value is -2.40. The van der Waals surface area contributed by atoms with Gasteiger partial charge in [0.15, 0.2) is 0 Å². The fourth-order valence-corrected chi connectivity index (χ4v) is 2.50. The number of rotatable bonds is 8. The first kappa shape index (κ1) is 17.9. The number of methoxy groups -OCH3 is 1. The van der Waals surface area contributed by atoms with E-state index in [4.69, 9.17) is 4.74 Å². The van der Waals surface area contributed by atoms with Gasteiger partial charge in [-0.05, 0) is 42.2 Å². The van der Waals surface area contributed by atoms with Gasteiger partial charge in [-0.3, -0.25) is 9.78 Å². The van der Waals surface area contributed by atoms with Crippen molar-refractivity contribution in [1.29, 1.82) is 0 Å². The van der Waals surface area contributed by atoms with E-state index in [9.17, 15) is 9.90 Å². The topological polar surface area (TPSA) is 62.7 Å². The lowest BCUT2D eigenvalue weighted by Crippen LogP contribution is -2.31. The molecule has 0 saturated heterocycles. The van der Waals surface area contributed by atoms with Crippen LogP contribution in [0.15, 0.2) is 48.8 Å². The van der Waals surface area contributed by atoms with E-state index in [2.05, 4.69) is 4.98 Å². The minimum absolute atomic E-state index is 0.0286. The largest absolute Gasteiger partial charge is 0.497 e. The van der Waals surface area contributed by atoms with Crippen LogP contribution in [0, 0.1) is 0 Å². The Kier molecular flexibility index (Phi) is 6.75. The summed E-state index contributed by atoms with van der Waals surface area (Å²) in [7, 11) is 3.30.